The molecule has 7 nitrogen and oxygen atoms in total. The van der Waals surface area contributed by atoms with Crippen LogP contribution in [0.1, 0.15) is 49.4 Å². The number of nitrogens with one attached hydrogen (secondary N) is 1. The van der Waals surface area contributed by atoms with Crippen LogP contribution in [0.15, 0.2) is 15.4 Å². The Balaban J connectivity index is 1.70. The first-order valence-corrected chi connectivity index (χ1v) is 11.3. The zero-order chi connectivity index (χ0) is 26.0. The summed E-state index contributed by atoms with van der Waals surface area (Å²) >= 11 is 0. The second kappa shape index (κ2) is 8.64. The van der Waals surface area contributed by atoms with E-state index in [4.69, 9.17) is 11.5 Å². The zero-order valence-corrected chi connectivity index (χ0v) is 18.7. The van der Waals surface area contributed by atoms with E-state index in [2.05, 4.69) is 4.98 Å². The summed E-state index contributed by atoms with van der Waals surface area (Å²) in [6.07, 6.45) is -10.9. The van der Waals surface area contributed by atoms with Crippen molar-refractivity contribution in [1.29, 1.82) is 0 Å². The van der Waals surface area contributed by atoms with Crippen LogP contribution in [0.2, 0.25) is 0 Å². The summed E-state index contributed by atoms with van der Waals surface area (Å²) in [6, 6.07) is -1.37. The van der Waals surface area contributed by atoms with E-state index in [1.54, 1.807) is 6.92 Å². The van der Waals surface area contributed by atoms with Crippen LogP contribution in [0.5, 0.6) is 0 Å². The predicted octanol–water partition coefficient (Wildman–Crippen LogP) is 2.59. The highest BCUT2D eigenvalue weighted by Crippen LogP contribution is 2.47. The van der Waals surface area contributed by atoms with Crippen molar-refractivity contribution in [3.63, 3.8) is 0 Å². The molecule has 0 spiro atoms. The summed E-state index contributed by atoms with van der Waals surface area (Å²) in [5.41, 5.74) is 9.69. The lowest BCUT2D eigenvalue weighted by Crippen LogP contribution is -2.47. The molecule has 1 saturated carbocycles. The summed E-state index contributed by atoms with van der Waals surface area (Å²) in [5, 5.41) is 0. The molecule has 5 N–H and O–H groups in total. The lowest BCUT2D eigenvalue weighted by atomic mass is 9.85. The Morgan fingerprint density at radius 1 is 1.06 bits per heavy atom. The van der Waals surface area contributed by atoms with Gasteiger partial charge in [-0.1, -0.05) is 6.92 Å². The largest absolute Gasteiger partial charge is 0.400 e. The number of aromatic nitrogens is 2. The number of alkyl halides is 6. The third-order valence-corrected chi connectivity index (χ3v) is 7.41. The minimum atomic E-state index is -5.49. The van der Waals surface area contributed by atoms with E-state index in [0.29, 0.717) is 12.8 Å². The average Bonchev–Trinajstić information content (AvgIpc) is 3.48. The Kier molecular flexibility index (Phi) is 6.36. The van der Waals surface area contributed by atoms with Crippen LogP contribution in [-0.2, 0) is 0 Å². The number of fused-ring (bicyclic) bond motifs is 1. The van der Waals surface area contributed by atoms with Crippen molar-refractivity contribution in [2.45, 2.75) is 56.5 Å². The second-order valence-corrected chi connectivity index (χ2v) is 9.70. The van der Waals surface area contributed by atoms with Crippen molar-refractivity contribution in [3.8, 4) is 0 Å². The molecule has 0 bridgehead atoms. The van der Waals surface area contributed by atoms with Gasteiger partial charge in [-0.15, -0.1) is 0 Å². The smallest absolute Gasteiger partial charge is 0.396 e. The Bertz CT molecular complexity index is 1120. The van der Waals surface area contributed by atoms with Crippen molar-refractivity contribution in [2.24, 2.45) is 29.2 Å². The molecule has 2 fully saturated rings. The quantitative estimate of drug-likeness (QED) is 0.525. The number of nitrogens with two attached hydrogens (primary N) is 2. The third-order valence-electron chi connectivity index (χ3n) is 7.41. The molecule has 1 saturated heterocycles. The van der Waals surface area contributed by atoms with Crippen molar-refractivity contribution in [1.82, 2.24) is 14.5 Å². The maximum absolute atomic E-state index is 15.5. The lowest BCUT2D eigenvalue weighted by Gasteiger charge is -2.37. The zero-order valence-electron chi connectivity index (χ0n) is 18.7. The monoisotopic (exact) mass is 513 g/mol. The first-order valence-electron chi connectivity index (χ1n) is 11.3. The first-order chi connectivity index (χ1) is 16.2. The molecule has 196 valence electrons. The Morgan fingerprint density at radius 3 is 2.14 bits per heavy atom. The molecule has 4 unspecified atom stereocenters. The van der Waals surface area contributed by atoms with Gasteiger partial charge >= 0.3 is 18.0 Å². The number of H-pyrrole nitrogens is 1. The first kappa shape index (κ1) is 25.7. The van der Waals surface area contributed by atoms with Gasteiger partial charge in [0.1, 0.15) is 5.83 Å². The van der Waals surface area contributed by atoms with Gasteiger partial charge < -0.3 is 11.5 Å². The van der Waals surface area contributed by atoms with Crippen LogP contribution >= 0.6 is 0 Å². The van der Waals surface area contributed by atoms with Crippen LogP contribution in [0.4, 0.5) is 30.7 Å². The number of likely N-dealkylation sites (tertiary alicyclic amines) is 1. The van der Waals surface area contributed by atoms with Crippen molar-refractivity contribution in [2.75, 3.05) is 19.6 Å². The molecule has 1 aromatic rings. The molecule has 3 aliphatic rings. The van der Waals surface area contributed by atoms with E-state index in [1.807, 2.05) is 0 Å². The Labute approximate surface area is 194 Å². The van der Waals surface area contributed by atoms with Gasteiger partial charge in [0, 0.05) is 30.7 Å². The fourth-order valence-corrected chi connectivity index (χ4v) is 5.58. The van der Waals surface area contributed by atoms with E-state index < -0.39 is 71.3 Å². The normalized spacial score (nSPS) is 28.2. The minimum Gasteiger partial charge on any atom is -0.396 e. The highest BCUT2D eigenvalue weighted by Gasteiger charge is 2.58. The molecule has 0 aromatic carbocycles. The number of hydrogen-bond donors (Lipinski definition) is 3. The highest BCUT2D eigenvalue weighted by atomic mass is 19.4. The molecule has 35 heavy (non-hydrogen) atoms. The number of hydrogen-bond acceptors (Lipinski definition) is 5. The van der Waals surface area contributed by atoms with Gasteiger partial charge in [-0.05, 0) is 37.6 Å². The topological polar surface area (TPSA) is 110 Å². The summed E-state index contributed by atoms with van der Waals surface area (Å²) in [4.78, 5) is 28.6. The molecule has 1 aliphatic heterocycles. The number of halogens is 7. The van der Waals surface area contributed by atoms with Gasteiger partial charge in [-0.2, -0.15) is 26.3 Å². The van der Waals surface area contributed by atoms with Crippen molar-refractivity contribution in [3.05, 3.63) is 37.9 Å². The van der Waals surface area contributed by atoms with Crippen LogP contribution in [0.25, 0.3) is 5.70 Å². The van der Waals surface area contributed by atoms with E-state index in [1.165, 1.54) is 9.47 Å². The molecule has 0 amide bonds. The number of rotatable bonds is 5. The molecular weight excluding hydrogens is 487 g/mol. The third kappa shape index (κ3) is 4.50. The summed E-state index contributed by atoms with van der Waals surface area (Å²) < 4.78 is 96.0. The molecule has 2 heterocycles. The molecule has 2 aliphatic carbocycles. The number of aromatic amines is 1. The van der Waals surface area contributed by atoms with Gasteiger partial charge in [0.25, 0.3) is 5.56 Å². The van der Waals surface area contributed by atoms with Crippen LogP contribution < -0.4 is 22.7 Å². The van der Waals surface area contributed by atoms with E-state index in [9.17, 15) is 35.9 Å². The van der Waals surface area contributed by atoms with Gasteiger partial charge in [0.05, 0.1) is 17.3 Å². The van der Waals surface area contributed by atoms with E-state index in [-0.39, 0.29) is 36.9 Å². The summed E-state index contributed by atoms with van der Waals surface area (Å²) in [7, 11) is 0. The molecule has 4 rings (SSSR count). The summed E-state index contributed by atoms with van der Waals surface area (Å²) in [5.74, 6) is -7.08. The standard InChI is InChI=1S/C21H26F7N5O2/c1-8-16-13(18(34)31-19(35)33(16)11-2-3-11)15(30)14(22)17(8)32-6-9(10(5-29)7-32)4-12(20(23,24)25)21(26,27)28/h8-12,17H,2-7,29-30H2,1H3,(H,31,34,35). The molecular formula is C21H26F7N5O2. The molecule has 14 heteroatoms. The van der Waals surface area contributed by atoms with Crippen LogP contribution in [-0.4, -0.2) is 52.5 Å². The molecule has 0 radical (unpaired) electrons. The fourth-order valence-electron chi connectivity index (χ4n) is 5.58. The Hall–Kier alpha value is -2.35. The lowest BCUT2D eigenvalue weighted by molar-refractivity contribution is -0.288. The van der Waals surface area contributed by atoms with Crippen LogP contribution in [0, 0.1) is 17.8 Å². The van der Waals surface area contributed by atoms with E-state index in [0.717, 1.165) is 0 Å². The molecule has 4 atom stereocenters. The van der Waals surface area contributed by atoms with Gasteiger partial charge in [0.15, 0.2) is 5.92 Å². The maximum Gasteiger partial charge on any atom is 0.400 e. The van der Waals surface area contributed by atoms with E-state index >= 15 is 4.39 Å². The van der Waals surface area contributed by atoms with Crippen molar-refractivity contribution < 1.29 is 30.7 Å². The van der Waals surface area contributed by atoms with Gasteiger partial charge in [-0.25, -0.2) is 9.18 Å². The Morgan fingerprint density at radius 2 is 1.63 bits per heavy atom. The fraction of sp³-hybridized carbons (Fsp3) is 0.714. The predicted molar refractivity (Wildman–Crippen MR) is 112 cm³/mol. The SMILES string of the molecule is CC1c2c(c(=O)[nH]c(=O)n2C2CC2)C(N)=C(F)C1N1CC(CN)C(CC(C(F)(F)F)C(F)(F)F)C1. The van der Waals surface area contributed by atoms with Gasteiger partial charge in [-0.3, -0.25) is 19.2 Å². The number of nitrogens with zero attached hydrogens (tertiary/aromatic N) is 2. The second-order valence-electron chi connectivity index (χ2n) is 9.70. The van der Waals surface area contributed by atoms with Gasteiger partial charge in [0.2, 0.25) is 0 Å². The maximum atomic E-state index is 15.5. The minimum absolute atomic E-state index is 0.0501. The summed E-state index contributed by atoms with van der Waals surface area (Å²) in [6.45, 7) is 1.05. The molecule has 1 aromatic heterocycles. The highest BCUT2D eigenvalue weighted by molar-refractivity contribution is 5.70. The van der Waals surface area contributed by atoms with Crippen LogP contribution in [0.3, 0.4) is 0 Å². The van der Waals surface area contributed by atoms with Crippen molar-refractivity contribution >= 4 is 5.70 Å². The average molecular weight is 513 g/mol.